The standard InChI is InChI=1S/C17H20BrN3O4/c1-2-25-13-9-11(8-12(18)14(13)22)10-19-21-15(23)17(20-16(21)24)6-4-3-5-7-17/h8-10,22H,2-7H2,1H3,(H,20,24). The van der Waals surface area contributed by atoms with Crippen molar-refractivity contribution in [3.05, 3.63) is 22.2 Å². The van der Waals surface area contributed by atoms with E-state index in [9.17, 15) is 14.7 Å². The van der Waals surface area contributed by atoms with E-state index in [2.05, 4.69) is 26.3 Å². The van der Waals surface area contributed by atoms with Crippen molar-refractivity contribution in [2.45, 2.75) is 44.6 Å². The Morgan fingerprint density at radius 3 is 2.76 bits per heavy atom. The van der Waals surface area contributed by atoms with Gasteiger partial charge in [-0.2, -0.15) is 5.10 Å². The molecule has 1 spiro atoms. The van der Waals surface area contributed by atoms with Crippen molar-refractivity contribution in [2.24, 2.45) is 5.10 Å². The van der Waals surface area contributed by atoms with Gasteiger partial charge >= 0.3 is 6.03 Å². The molecule has 0 aromatic heterocycles. The Kier molecular flexibility index (Phi) is 4.99. The van der Waals surface area contributed by atoms with E-state index in [-0.39, 0.29) is 11.7 Å². The van der Waals surface area contributed by atoms with E-state index < -0.39 is 11.6 Å². The number of hydrogen-bond acceptors (Lipinski definition) is 5. The molecule has 1 aliphatic heterocycles. The smallest absolute Gasteiger partial charge is 0.346 e. The molecule has 0 unspecified atom stereocenters. The van der Waals surface area contributed by atoms with Gasteiger partial charge in [-0.25, -0.2) is 4.79 Å². The number of carbonyl (C=O) groups is 2. The summed E-state index contributed by atoms with van der Waals surface area (Å²) in [5, 5.41) is 17.7. The summed E-state index contributed by atoms with van der Waals surface area (Å²) in [4.78, 5) is 24.8. The lowest BCUT2D eigenvalue weighted by atomic mass is 9.82. The number of carbonyl (C=O) groups excluding carboxylic acids is 2. The van der Waals surface area contributed by atoms with Crippen molar-refractivity contribution in [2.75, 3.05) is 6.61 Å². The van der Waals surface area contributed by atoms with Crippen LogP contribution in [0.1, 0.15) is 44.6 Å². The van der Waals surface area contributed by atoms with Gasteiger partial charge in [0.05, 0.1) is 17.3 Å². The second kappa shape index (κ2) is 7.03. The summed E-state index contributed by atoms with van der Waals surface area (Å²) in [5.41, 5.74) is -0.197. The van der Waals surface area contributed by atoms with Crippen LogP contribution in [0.25, 0.3) is 0 Å². The normalized spacial score (nSPS) is 19.7. The fraction of sp³-hybridized carbons (Fsp3) is 0.471. The molecule has 3 rings (SSSR count). The van der Waals surface area contributed by atoms with Gasteiger partial charge in [0.15, 0.2) is 11.5 Å². The summed E-state index contributed by atoms with van der Waals surface area (Å²) in [5.74, 6) is 0.00533. The molecule has 1 saturated carbocycles. The average molecular weight is 410 g/mol. The van der Waals surface area contributed by atoms with Crippen molar-refractivity contribution in [1.29, 1.82) is 0 Å². The highest BCUT2D eigenvalue weighted by Gasteiger charge is 2.51. The molecule has 1 heterocycles. The molecule has 1 aliphatic carbocycles. The Morgan fingerprint density at radius 2 is 2.08 bits per heavy atom. The van der Waals surface area contributed by atoms with Crippen LogP contribution in [-0.2, 0) is 4.79 Å². The summed E-state index contributed by atoms with van der Waals surface area (Å²) >= 11 is 3.25. The van der Waals surface area contributed by atoms with Crippen LogP contribution in [-0.4, -0.2) is 40.4 Å². The second-order valence-electron chi connectivity index (χ2n) is 6.22. The van der Waals surface area contributed by atoms with Crippen LogP contribution in [0.4, 0.5) is 4.79 Å². The third-order valence-corrected chi connectivity index (χ3v) is 5.12. The van der Waals surface area contributed by atoms with Crippen LogP contribution >= 0.6 is 15.9 Å². The molecule has 1 saturated heterocycles. The van der Waals surface area contributed by atoms with Crippen molar-refractivity contribution < 1.29 is 19.4 Å². The van der Waals surface area contributed by atoms with Gasteiger partial charge in [-0.3, -0.25) is 4.79 Å². The Bertz CT molecular complexity index is 729. The number of ether oxygens (including phenoxy) is 1. The van der Waals surface area contributed by atoms with Crippen LogP contribution in [0.5, 0.6) is 11.5 Å². The number of phenols is 1. The van der Waals surface area contributed by atoms with Gasteiger partial charge in [-0.1, -0.05) is 19.3 Å². The van der Waals surface area contributed by atoms with Gasteiger partial charge in [-0.15, -0.1) is 5.01 Å². The monoisotopic (exact) mass is 409 g/mol. The molecule has 0 radical (unpaired) electrons. The maximum atomic E-state index is 12.7. The predicted octanol–water partition coefficient (Wildman–Crippen LogP) is 3.14. The summed E-state index contributed by atoms with van der Waals surface area (Å²) < 4.78 is 5.81. The minimum absolute atomic E-state index is 0.00449. The highest BCUT2D eigenvalue weighted by molar-refractivity contribution is 9.10. The van der Waals surface area contributed by atoms with Crippen LogP contribution in [0.15, 0.2) is 21.7 Å². The number of halogens is 1. The van der Waals surface area contributed by atoms with E-state index >= 15 is 0 Å². The number of aromatic hydroxyl groups is 1. The Labute approximate surface area is 154 Å². The molecule has 1 aromatic carbocycles. The number of imide groups is 1. The van der Waals surface area contributed by atoms with E-state index in [0.29, 0.717) is 35.2 Å². The third-order valence-electron chi connectivity index (χ3n) is 4.52. The van der Waals surface area contributed by atoms with E-state index in [0.717, 1.165) is 24.3 Å². The van der Waals surface area contributed by atoms with Gasteiger partial charge in [0.1, 0.15) is 5.54 Å². The van der Waals surface area contributed by atoms with Crippen LogP contribution in [0, 0.1) is 0 Å². The third kappa shape index (κ3) is 3.35. The van der Waals surface area contributed by atoms with E-state index in [1.807, 2.05) is 6.92 Å². The van der Waals surface area contributed by atoms with E-state index in [4.69, 9.17) is 4.74 Å². The predicted molar refractivity (Wildman–Crippen MR) is 95.8 cm³/mol. The first-order valence-corrected chi connectivity index (χ1v) is 9.12. The van der Waals surface area contributed by atoms with Gasteiger partial charge < -0.3 is 15.2 Å². The maximum absolute atomic E-state index is 12.7. The average Bonchev–Trinajstić information content (AvgIpc) is 2.81. The summed E-state index contributed by atoms with van der Waals surface area (Å²) in [6.45, 7) is 2.21. The number of nitrogens with zero attached hydrogens (tertiary/aromatic N) is 2. The number of hydrazone groups is 1. The molecule has 0 atom stereocenters. The topological polar surface area (TPSA) is 91.2 Å². The van der Waals surface area contributed by atoms with E-state index in [1.54, 1.807) is 12.1 Å². The molecule has 2 aliphatic rings. The highest BCUT2D eigenvalue weighted by Crippen LogP contribution is 2.36. The van der Waals surface area contributed by atoms with Crippen molar-refractivity contribution in [3.63, 3.8) is 0 Å². The van der Waals surface area contributed by atoms with Gasteiger partial charge in [0.25, 0.3) is 5.91 Å². The molecule has 134 valence electrons. The summed E-state index contributed by atoms with van der Waals surface area (Å²) in [6.07, 6.45) is 5.64. The first-order valence-electron chi connectivity index (χ1n) is 8.33. The highest BCUT2D eigenvalue weighted by atomic mass is 79.9. The molecule has 25 heavy (non-hydrogen) atoms. The molecule has 0 bridgehead atoms. The molecule has 3 amide bonds. The van der Waals surface area contributed by atoms with Crippen LogP contribution in [0.3, 0.4) is 0 Å². The number of rotatable bonds is 4. The second-order valence-corrected chi connectivity index (χ2v) is 7.07. The van der Waals surface area contributed by atoms with Gasteiger partial charge in [0, 0.05) is 0 Å². The first-order chi connectivity index (χ1) is 12.0. The zero-order valence-electron chi connectivity index (χ0n) is 13.9. The first kappa shape index (κ1) is 17.7. The molecule has 2 fully saturated rings. The number of nitrogens with one attached hydrogen (secondary N) is 1. The fourth-order valence-corrected chi connectivity index (χ4v) is 3.72. The fourth-order valence-electron chi connectivity index (χ4n) is 3.26. The summed E-state index contributed by atoms with van der Waals surface area (Å²) in [7, 11) is 0. The van der Waals surface area contributed by atoms with Gasteiger partial charge in [-0.05, 0) is 53.4 Å². The number of amides is 3. The SMILES string of the molecule is CCOc1cc(C=NN2C(=O)NC3(CCCCC3)C2=O)cc(Br)c1O. The Morgan fingerprint density at radius 1 is 1.36 bits per heavy atom. The Balaban J connectivity index is 1.82. The lowest BCUT2D eigenvalue weighted by Gasteiger charge is -2.29. The zero-order chi connectivity index (χ0) is 18.0. The summed E-state index contributed by atoms with van der Waals surface area (Å²) in [6, 6.07) is 2.74. The number of hydrogen-bond donors (Lipinski definition) is 2. The Hall–Kier alpha value is -2.09. The van der Waals surface area contributed by atoms with Crippen molar-refractivity contribution >= 4 is 34.1 Å². The number of benzene rings is 1. The molecule has 1 aromatic rings. The van der Waals surface area contributed by atoms with Crippen molar-refractivity contribution in [1.82, 2.24) is 10.3 Å². The molecular weight excluding hydrogens is 390 g/mol. The quantitative estimate of drug-likeness (QED) is 0.590. The zero-order valence-corrected chi connectivity index (χ0v) is 15.5. The number of phenolic OH excluding ortho intramolecular Hbond substituents is 1. The largest absolute Gasteiger partial charge is 0.503 e. The lowest BCUT2D eigenvalue weighted by molar-refractivity contribution is -0.132. The van der Waals surface area contributed by atoms with Crippen LogP contribution in [0.2, 0.25) is 0 Å². The molecule has 8 heteroatoms. The molecule has 2 N–H and O–H groups in total. The number of urea groups is 1. The van der Waals surface area contributed by atoms with Gasteiger partial charge in [0.2, 0.25) is 0 Å². The lowest BCUT2D eigenvalue weighted by Crippen LogP contribution is -2.48. The van der Waals surface area contributed by atoms with Crippen molar-refractivity contribution in [3.8, 4) is 11.5 Å². The van der Waals surface area contributed by atoms with Crippen LogP contribution < -0.4 is 10.1 Å². The molecular formula is C17H20BrN3O4. The molecule has 7 nitrogen and oxygen atoms in total. The minimum atomic E-state index is -0.793. The maximum Gasteiger partial charge on any atom is 0.346 e. The van der Waals surface area contributed by atoms with E-state index in [1.165, 1.54) is 6.21 Å². The minimum Gasteiger partial charge on any atom is -0.503 e.